The summed E-state index contributed by atoms with van der Waals surface area (Å²) in [6.45, 7) is 2.60. The number of anilines is 1. The molecule has 4 aromatic rings. The van der Waals surface area contributed by atoms with Gasteiger partial charge in [-0.05, 0) is 62.4 Å². The van der Waals surface area contributed by atoms with Gasteiger partial charge in [0.05, 0.1) is 18.3 Å². The molecule has 0 saturated carbocycles. The molecule has 1 atom stereocenters. The number of hydrogen-bond donors (Lipinski definition) is 1. The molecule has 2 N–H and O–H groups in total. The number of aromatic nitrogens is 3. The molecule has 0 spiro atoms. The van der Waals surface area contributed by atoms with Crippen LogP contribution in [-0.2, 0) is 27.4 Å². The number of rotatable bonds is 10. The van der Waals surface area contributed by atoms with Gasteiger partial charge in [-0.2, -0.15) is 10.4 Å². The minimum Gasteiger partial charge on any atom is -0.489 e. The Morgan fingerprint density at radius 3 is 2.50 bits per heavy atom. The van der Waals surface area contributed by atoms with E-state index in [1.54, 1.807) is 41.2 Å². The van der Waals surface area contributed by atoms with Gasteiger partial charge in [-0.25, -0.2) is 9.07 Å². The van der Waals surface area contributed by atoms with E-state index in [9.17, 15) is 9.65 Å². The highest BCUT2D eigenvalue weighted by molar-refractivity contribution is 5.73. The van der Waals surface area contributed by atoms with Crippen LogP contribution in [0, 0.1) is 17.1 Å². The van der Waals surface area contributed by atoms with Crippen LogP contribution in [0.3, 0.4) is 0 Å². The summed E-state index contributed by atoms with van der Waals surface area (Å²) in [6, 6.07) is 17.4. The summed E-state index contributed by atoms with van der Waals surface area (Å²) >= 11 is 0. The third-order valence-corrected chi connectivity index (χ3v) is 7.65. The molecule has 2 saturated heterocycles. The number of nitriles is 1. The van der Waals surface area contributed by atoms with Gasteiger partial charge in [0.2, 0.25) is 0 Å². The van der Waals surface area contributed by atoms with E-state index in [1.165, 1.54) is 12.1 Å². The summed E-state index contributed by atoms with van der Waals surface area (Å²) in [5, 5.41) is 14.5. The molecule has 2 aromatic carbocycles. The van der Waals surface area contributed by atoms with Gasteiger partial charge in [0.15, 0.2) is 6.29 Å². The molecule has 11 heteroatoms. The first-order chi connectivity index (χ1) is 21.6. The number of ether oxygens (including phenoxy) is 5. The van der Waals surface area contributed by atoms with Crippen LogP contribution in [0.4, 0.5) is 10.2 Å². The number of halogens is 1. The average Bonchev–Trinajstić information content (AvgIpc) is 3.40. The number of benzene rings is 2. The van der Waals surface area contributed by atoms with E-state index in [0.29, 0.717) is 48.4 Å². The molecule has 0 aliphatic carbocycles. The minimum atomic E-state index is -0.488. The highest BCUT2D eigenvalue weighted by Gasteiger charge is 2.24. The molecule has 2 aliphatic rings. The molecule has 1 unspecified atom stereocenters. The predicted molar refractivity (Wildman–Crippen MR) is 159 cm³/mol. The fraction of sp³-hybridized carbons (Fsp3) is 0.364. The second-order valence-corrected chi connectivity index (χ2v) is 10.8. The van der Waals surface area contributed by atoms with E-state index in [0.717, 1.165) is 55.5 Å². The molecule has 228 valence electrons. The Morgan fingerprint density at radius 2 is 1.77 bits per heavy atom. The smallest absolute Gasteiger partial charge is 0.158 e. The lowest BCUT2D eigenvalue weighted by Crippen LogP contribution is -2.22. The molecule has 0 radical (unpaired) electrons. The molecule has 2 fully saturated rings. The van der Waals surface area contributed by atoms with E-state index < -0.39 is 5.82 Å². The summed E-state index contributed by atoms with van der Waals surface area (Å²) in [5.74, 6) is 0.964. The third kappa shape index (κ3) is 7.17. The normalized spacial score (nSPS) is 17.2. The van der Waals surface area contributed by atoms with Gasteiger partial charge in [0, 0.05) is 55.3 Å². The van der Waals surface area contributed by atoms with Crippen LogP contribution >= 0.6 is 0 Å². The van der Waals surface area contributed by atoms with Crippen molar-refractivity contribution in [3.05, 3.63) is 83.4 Å². The van der Waals surface area contributed by atoms with Crippen molar-refractivity contribution in [3.63, 3.8) is 0 Å². The minimum absolute atomic E-state index is 0.0910. The standard InChI is InChI=1S/C33H34FN5O5/c34-24-15-28(42-20-22-4-7-25(37-19-22)21-43-31-3-1-2-12-41-31)17-29(16-24)44-27-8-5-23(6-9-27)32-30(18-35)33(36)39(38-32)26-10-13-40-14-11-26/h4-9,15-17,19,26,31H,1-3,10-14,20-21,36H2. The van der Waals surface area contributed by atoms with Crippen molar-refractivity contribution in [3.8, 4) is 34.6 Å². The number of nitrogens with zero attached hydrogens (tertiary/aromatic N) is 4. The molecule has 2 aromatic heterocycles. The molecule has 6 rings (SSSR count). The number of pyridine rings is 1. The van der Waals surface area contributed by atoms with E-state index >= 15 is 0 Å². The Balaban J connectivity index is 1.07. The van der Waals surface area contributed by atoms with Gasteiger partial charge in [-0.15, -0.1) is 0 Å². The highest BCUT2D eigenvalue weighted by Crippen LogP contribution is 2.34. The summed E-state index contributed by atoms with van der Waals surface area (Å²) < 4.78 is 44.8. The Kier molecular flexibility index (Phi) is 9.31. The van der Waals surface area contributed by atoms with Crippen molar-refractivity contribution in [2.45, 2.75) is 57.6 Å². The lowest BCUT2D eigenvalue weighted by molar-refractivity contribution is -0.169. The second kappa shape index (κ2) is 13.9. The summed E-state index contributed by atoms with van der Waals surface area (Å²) in [6.07, 6.45) is 6.21. The van der Waals surface area contributed by atoms with Crippen LogP contribution in [0.25, 0.3) is 11.3 Å². The van der Waals surface area contributed by atoms with E-state index in [4.69, 9.17) is 29.4 Å². The van der Waals surface area contributed by atoms with Gasteiger partial charge in [-0.1, -0.05) is 6.07 Å². The molecule has 4 heterocycles. The van der Waals surface area contributed by atoms with E-state index in [-0.39, 0.29) is 24.7 Å². The maximum absolute atomic E-state index is 14.5. The number of nitrogens with two attached hydrogens (primary N) is 1. The highest BCUT2D eigenvalue weighted by atomic mass is 19.1. The van der Waals surface area contributed by atoms with Crippen molar-refractivity contribution >= 4 is 5.82 Å². The topological polar surface area (TPSA) is 127 Å². The maximum Gasteiger partial charge on any atom is 0.158 e. The zero-order valence-electron chi connectivity index (χ0n) is 24.3. The second-order valence-electron chi connectivity index (χ2n) is 10.8. The van der Waals surface area contributed by atoms with Crippen LogP contribution in [0.15, 0.2) is 60.8 Å². The SMILES string of the molecule is N#Cc1c(-c2ccc(Oc3cc(F)cc(OCc4ccc(COC5CCCCO5)nc4)c3)cc2)nn(C2CCOCC2)c1N. The third-order valence-electron chi connectivity index (χ3n) is 7.65. The molecular formula is C33H34FN5O5. The first kappa shape index (κ1) is 29.6. The van der Waals surface area contributed by atoms with Crippen molar-refractivity contribution in [1.29, 1.82) is 5.26 Å². The van der Waals surface area contributed by atoms with Crippen LogP contribution in [0.2, 0.25) is 0 Å². The first-order valence-electron chi connectivity index (χ1n) is 14.8. The van der Waals surface area contributed by atoms with Crippen molar-refractivity contribution < 1.29 is 28.1 Å². The van der Waals surface area contributed by atoms with Crippen LogP contribution in [-0.4, -0.2) is 40.9 Å². The fourth-order valence-corrected chi connectivity index (χ4v) is 5.28. The van der Waals surface area contributed by atoms with Crippen LogP contribution < -0.4 is 15.2 Å². The fourth-order valence-electron chi connectivity index (χ4n) is 5.28. The summed E-state index contributed by atoms with van der Waals surface area (Å²) in [4.78, 5) is 4.44. The van der Waals surface area contributed by atoms with Gasteiger partial charge in [-0.3, -0.25) is 4.98 Å². The average molecular weight is 600 g/mol. The van der Waals surface area contributed by atoms with E-state index in [2.05, 4.69) is 16.2 Å². The Bertz CT molecular complexity index is 1590. The molecule has 0 bridgehead atoms. The number of nitrogen functional groups attached to an aromatic ring is 1. The van der Waals surface area contributed by atoms with Gasteiger partial charge < -0.3 is 29.4 Å². The first-order valence-corrected chi connectivity index (χ1v) is 14.8. The van der Waals surface area contributed by atoms with Gasteiger partial charge in [0.1, 0.15) is 52.8 Å². The predicted octanol–water partition coefficient (Wildman–Crippen LogP) is 6.30. The summed E-state index contributed by atoms with van der Waals surface area (Å²) in [7, 11) is 0. The Morgan fingerprint density at radius 1 is 0.955 bits per heavy atom. The Labute approximate surface area is 255 Å². The van der Waals surface area contributed by atoms with Gasteiger partial charge >= 0.3 is 0 Å². The molecule has 2 aliphatic heterocycles. The molecule has 0 amide bonds. The molecular weight excluding hydrogens is 565 g/mol. The zero-order chi connectivity index (χ0) is 30.3. The summed E-state index contributed by atoms with van der Waals surface area (Å²) in [5.41, 5.74) is 9.51. The Hall–Kier alpha value is -4.50. The lowest BCUT2D eigenvalue weighted by Gasteiger charge is -2.23. The zero-order valence-corrected chi connectivity index (χ0v) is 24.3. The quantitative estimate of drug-likeness (QED) is 0.223. The molecule has 44 heavy (non-hydrogen) atoms. The largest absolute Gasteiger partial charge is 0.489 e. The van der Waals surface area contributed by atoms with Crippen LogP contribution in [0.1, 0.15) is 55.0 Å². The molecule has 10 nitrogen and oxygen atoms in total. The maximum atomic E-state index is 14.5. The number of hydrogen-bond acceptors (Lipinski definition) is 9. The van der Waals surface area contributed by atoms with Crippen molar-refractivity contribution in [2.75, 3.05) is 25.6 Å². The monoisotopic (exact) mass is 599 g/mol. The van der Waals surface area contributed by atoms with E-state index in [1.807, 2.05) is 12.1 Å². The van der Waals surface area contributed by atoms with Crippen molar-refractivity contribution in [2.24, 2.45) is 0 Å². The van der Waals surface area contributed by atoms with Crippen LogP contribution in [0.5, 0.6) is 17.2 Å². The van der Waals surface area contributed by atoms with Gasteiger partial charge in [0.25, 0.3) is 0 Å². The van der Waals surface area contributed by atoms with Crippen molar-refractivity contribution in [1.82, 2.24) is 14.8 Å². The lowest BCUT2D eigenvalue weighted by atomic mass is 10.1.